The summed E-state index contributed by atoms with van der Waals surface area (Å²) in [6, 6.07) is 13.8. The van der Waals surface area contributed by atoms with Crippen molar-refractivity contribution in [1.29, 1.82) is 0 Å². The smallest absolute Gasteiger partial charge is 0.419 e. The highest BCUT2D eigenvalue weighted by atomic mass is 32.2. The first-order chi connectivity index (χ1) is 12.4. The van der Waals surface area contributed by atoms with Crippen LogP contribution in [-0.4, -0.2) is 10.1 Å². The average molecular weight is 378 g/mol. The first-order valence-corrected chi connectivity index (χ1v) is 8.24. The molecule has 26 heavy (non-hydrogen) atoms. The van der Waals surface area contributed by atoms with E-state index in [2.05, 4.69) is 9.71 Å². The van der Waals surface area contributed by atoms with Crippen molar-refractivity contribution in [1.82, 2.24) is 4.98 Å². The van der Waals surface area contributed by atoms with Crippen molar-refractivity contribution in [2.45, 2.75) is 11.1 Å². The molecule has 0 radical (unpaired) electrons. The molecule has 1 aromatic heterocycles. The van der Waals surface area contributed by atoms with Gasteiger partial charge in [0.2, 0.25) is 0 Å². The Morgan fingerprint density at radius 3 is 2.38 bits per heavy atom. The molecule has 0 unspecified atom stereocenters. The van der Waals surface area contributed by atoms with E-state index in [4.69, 9.17) is 4.74 Å². The summed E-state index contributed by atoms with van der Waals surface area (Å²) in [5.74, 6) is 0.434. The van der Waals surface area contributed by atoms with Crippen LogP contribution in [-0.2, 0) is 6.18 Å². The summed E-state index contributed by atoms with van der Waals surface area (Å²) in [6.07, 6.45) is -1.33. The second-order valence-corrected chi connectivity index (χ2v) is 6.08. The number of nitrogens with one attached hydrogen (secondary N) is 1. The van der Waals surface area contributed by atoms with Crippen LogP contribution in [0, 0.1) is 0 Å². The number of aromatic hydroxyl groups is 1. The van der Waals surface area contributed by atoms with Gasteiger partial charge in [0.25, 0.3) is 0 Å². The number of alkyl halides is 3. The highest BCUT2D eigenvalue weighted by Crippen LogP contribution is 2.37. The zero-order valence-electron chi connectivity index (χ0n) is 13.2. The maximum absolute atomic E-state index is 12.6. The number of aromatic nitrogens is 1. The zero-order valence-corrected chi connectivity index (χ0v) is 14.0. The third-order valence-corrected chi connectivity index (χ3v) is 4.13. The maximum atomic E-state index is 12.6. The van der Waals surface area contributed by atoms with E-state index in [1.54, 1.807) is 48.8 Å². The van der Waals surface area contributed by atoms with Crippen molar-refractivity contribution in [3.63, 3.8) is 0 Å². The van der Waals surface area contributed by atoms with E-state index >= 15 is 0 Å². The number of phenolic OH excluding ortho intramolecular Hbond substituents is 1. The van der Waals surface area contributed by atoms with Gasteiger partial charge in [0, 0.05) is 22.8 Å². The molecule has 0 spiro atoms. The SMILES string of the molecule is Oc1cc(NSc2ccc(Oc3cccnc3)cc2)ccc1C(F)(F)F. The molecule has 134 valence electrons. The molecule has 0 aliphatic heterocycles. The number of nitrogens with zero attached hydrogens (tertiary/aromatic N) is 1. The number of halogens is 3. The van der Waals surface area contributed by atoms with Gasteiger partial charge in [0.15, 0.2) is 0 Å². The van der Waals surface area contributed by atoms with Crippen LogP contribution >= 0.6 is 11.9 Å². The van der Waals surface area contributed by atoms with Crippen LogP contribution in [0.3, 0.4) is 0 Å². The Morgan fingerprint density at radius 2 is 1.77 bits per heavy atom. The molecule has 0 amide bonds. The van der Waals surface area contributed by atoms with Gasteiger partial charge in [-0.2, -0.15) is 13.2 Å². The molecule has 0 aliphatic carbocycles. The van der Waals surface area contributed by atoms with Crippen LogP contribution in [0.2, 0.25) is 0 Å². The normalized spacial score (nSPS) is 11.2. The molecule has 1 heterocycles. The van der Waals surface area contributed by atoms with Crippen LogP contribution in [0.4, 0.5) is 18.9 Å². The molecule has 8 heteroatoms. The Labute approximate surface area is 151 Å². The lowest BCUT2D eigenvalue weighted by Gasteiger charge is -2.11. The summed E-state index contributed by atoms with van der Waals surface area (Å²) in [7, 11) is 0. The molecule has 0 aliphatic rings. The lowest BCUT2D eigenvalue weighted by molar-refractivity contribution is -0.138. The Hall–Kier alpha value is -2.87. The molecule has 0 fully saturated rings. The summed E-state index contributed by atoms with van der Waals surface area (Å²) in [4.78, 5) is 4.78. The second-order valence-electron chi connectivity index (χ2n) is 5.20. The first-order valence-electron chi connectivity index (χ1n) is 7.43. The standard InChI is InChI=1S/C18H13F3N2O2S/c19-18(20,21)16-8-3-12(10-17(16)24)23-26-15-6-4-13(5-7-15)25-14-2-1-9-22-11-14/h1-11,23-24H. The topological polar surface area (TPSA) is 54.4 Å². The lowest BCUT2D eigenvalue weighted by Crippen LogP contribution is -2.05. The van der Waals surface area contributed by atoms with Gasteiger partial charge < -0.3 is 14.6 Å². The Bertz CT molecular complexity index is 872. The fraction of sp³-hybridized carbons (Fsp3) is 0.0556. The summed E-state index contributed by atoms with van der Waals surface area (Å²) in [6.45, 7) is 0. The molecule has 2 N–H and O–H groups in total. The van der Waals surface area contributed by atoms with E-state index < -0.39 is 17.5 Å². The van der Waals surface area contributed by atoms with E-state index in [1.807, 2.05) is 0 Å². The highest BCUT2D eigenvalue weighted by molar-refractivity contribution is 8.00. The molecule has 0 bridgehead atoms. The molecule has 3 rings (SSSR count). The van der Waals surface area contributed by atoms with Crippen LogP contribution in [0.1, 0.15) is 5.56 Å². The Balaban J connectivity index is 1.61. The number of phenols is 1. The van der Waals surface area contributed by atoms with Gasteiger partial charge >= 0.3 is 6.18 Å². The van der Waals surface area contributed by atoms with Crippen molar-refractivity contribution >= 4 is 17.6 Å². The van der Waals surface area contributed by atoms with Gasteiger partial charge in [0.1, 0.15) is 17.2 Å². The molecular weight excluding hydrogens is 365 g/mol. The number of benzene rings is 2. The minimum atomic E-state index is -4.58. The molecular formula is C18H13F3N2O2S. The number of hydrogen-bond acceptors (Lipinski definition) is 5. The van der Waals surface area contributed by atoms with Crippen molar-refractivity contribution < 1.29 is 23.0 Å². The molecule has 4 nitrogen and oxygen atoms in total. The minimum absolute atomic E-state index is 0.358. The molecule has 3 aromatic rings. The third kappa shape index (κ3) is 4.60. The maximum Gasteiger partial charge on any atom is 0.419 e. The second kappa shape index (κ2) is 7.57. The van der Waals surface area contributed by atoms with Crippen molar-refractivity contribution in [3.05, 3.63) is 72.6 Å². The highest BCUT2D eigenvalue weighted by Gasteiger charge is 2.33. The lowest BCUT2D eigenvalue weighted by atomic mass is 10.2. The Kier molecular flexibility index (Phi) is 5.22. The van der Waals surface area contributed by atoms with Gasteiger partial charge in [-0.25, -0.2) is 0 Å². The number of rotatable bonds is 5. The van der Waals surface area contributed by atoms with E-state index in [9.17, 15) is 18.3 Å². The van der Waals surface area contributed by atoms with Crippen molar-refractivity contribution in [2.24, 2.45) is 0 Å². The van der Waals surface area contributed by atoms with Crippen LogP contribution in [0.15, 0.2) is 71.9 Å². The van der Waals surface area contributed by atoms with Crippen LogP contribution in [0.25, 0.3) is 0 Å². The van der Waals surface area contributed by atoms with E-state index in [1.165, 1.54) is 18.0 Å². The largest absolute Gasteiger partial charge is 0.507 e. The van der Waals surface area contributed by atoms with E-state index in [0.29, 0.717) is 17.2 Å². The van der Waals surface area contributed by atoms with Gasteiger partial charge in [-0.1, -0.05) is 0 Å². The predicted molar refractivity (Wildman–Crippen MR) is 93.3 cm³/mol. The number of ether oxygens (including phenoxy) is 1. The number of anilines is 1. The van der Waals surface area contributed by atoms with Gasteiger partial charge in [-0.05, 0) is 60.5 Å². The number of hydrogen-bond donors (Lipinski definition) is 2. The quantitative estimate of drug-likeness (QED) is 0.556. The number of pyridine rings is 1. The summed E-state index contributed by atoms with van der Waals surface area (Å²) < 4.78 is 46.4. The summed E-state index contributed by atoms with van der Waals surface area (Å²) in [5, 5.41) is 9.51. The molecule has 0 saturated carbocycles. The van der Waals surface area contributed by atoms with Crippen LogP contribution in [0.5, 0.6) is 17.2 Å². The molecule has 0 saturated heterocycles. The fourth-order valence-electron chi connectivity index (χ4n) is 2.07. The van der Waals surface area contributed by atoms with Crippen LogP contribution < -0.4 is 9.46 Å². The van der Waals surface area contributed by atoms with E-state index in [-0.39, 0.29) is 0 Å². The molecule has 2 aromatic carbocycles. The van der Waals surface area contributed by atoms with Gasteiger partial charge in [0.05, 0.1) is 11.8 Å². The monoisotopic (exact) mass is 378 g/mol. The predicted octanol–water partition coefficient (Wildman–Crippen LogP) is 5.72. The average Bonchev–Trinajstić information content (AvgIpc) is 2.61. The first kappa shape index (κ1) is 17.9. The minimum Gasteiger partial charge on any atom is -0.507 e. The van der Waals surface area contributed by atoms with Crippen molar-refractivity contribution in [3.8, 4) is 17.2 Å². The third-order valence-electron chi connectivity index (χ3n) is 3.28. The van der Waals surface area contributed by atoms with Gasteiger partial charge in [-0.15, -0.1) is 0 Å². The molecule has 0 atom stereocenters. The Morgan fingerprint density at radius 1 is 1.00 bits per heavy atom. The zero-order chi connectivity index (χ0) is 18.6. The fourth-order valence-corrected chi connectivity index (χ4v) is 2.71. The summed E-state index contributed by atoms with van der Waals surface area (Å²) >= 11 is 1.20. The summed E-state index contributed by atoms with van der Waals surface area (Å²) in [5.41, 5.74) is -0.707. The van der Waals surface area contributed by atoms with Gasteiger partial charge in [-0.3, -0.25) is 4.98 Å². The van der Waals surface area contributed by atoms with Crippen molar-refractivity contribution in [2.75, 3.05) is 4.72 Å². The van der Waals surface area contributed by atoms with E-state index in [0.717, 1.165) is 17.0 Å².